The van der Waals surface area contributed by atoms with Crippen LogP contribution < -0.4 is 4.43 Å². The Hall–Kier alpha value is -2.25. The average Bonchev–Trinajstić information content (AvgIpc) is 3.07. The van der Waals surface area contributed by atoms with Crippen molar-refractivity contribution in [2.24, 2.45) is 0 Å². The number of halogens is 1. The van der Waals surface area contributed by atoms with E-state index in [2.05, 4.69) is 72.1 Å². The second-order valence-corrected chi connectivity index (χ2v) is 14.0. The highest BCUT2D eigenvalue weighted by atomic mass is 79.9. The van der Waals surface area contributed by atoms with Gasteiger partial charge in [0.2, 0.25) is 0 Å². The van der Waals surface area contributed by atoms with Crippen LogP contribution in [0.5, 0.6) is 5.75 Å². The molecule has 0 aliphatic carbocycles. The van der Waals surface area contributed by atoms with E-state index < -0.39 is 8.32 Å². The van der Waals surface area contributed by atoms with Crippen LogP contribution in [0.3, 0.4) is 0 Å². The highest BCUT2D eigenvalue weighted by Gasteiger charge is 2.39. The van der Waals surface area contributed by atoms with Crippen LogP contribution in [0.2, 0.25) is 18.1 Å². The lowest BCUT2D eigenvalue weighted by Crippen LogP contribution is -2.44. The average molecular weight is 455 g/mol. The molecule has 0 aliphatic rings. The summed E-state index contributed by atoms with van der Waals surface area (Å²) in [6.07, 6.45) is 1.95. The molecule has 28 heavy (non-hydrogen) atoms. The lowest BCUT2D eigenvalue weighted by Gasteiger charge is -2.36. The highest BCUT2D eigenvalue weighted by molar-refractivity contribution is 9.10. The first kappa shape index (κ1) is 19.1. The number of benzene rings is 1. The molecule has 3 aromatic heterocycles. The Kier molecular flexibility index (Phi) is 4.54. The molecule has 4 rings (SSSR count). The molecule has 0 aliphatic heterocycles. The van der Waals surface area contributed by atoms with Crippen molar-refractivity contribution < 1.29 is 4.43 Å². The molecule has 0 unspecified atom stereocenters. The van der Waals surface area contributed by atoms with Crippen molar-refractivity contribution in [2.75, 3.05) is 0 Å². The van der Waals surface area contributed by atoms with Gasteiger partial charge >= 0.3 is 0 Å². The van der Waals surface area contributed by atoms with E-state index in [0.717, 1.165) is 38.3 Å². The smallest absolute Gasteiger partial charge is 0.250 e. The number of nitrogens with zero attached hydrogens (tertiary/aromatic N) is 4. The SMILES string of the molecule is CC(C)(C)[Si](C)(C)Oc1c(Br)ccc2ccc(-c3nnc4ccccn34)nc12. The minimum Gasteiger partial charge on any atom is -0.541 e. The Morgan fingerprint density at radius 3 is 2.50 bits per heavy atom. The zero-order valence-electron chi connectivity index (χ0n) is 16.7. The summed E-state index contributed by atoms with van der Waals surface area (Å²) < 4.78 is 9.52. The lowest BCUT2D eigenvalue weighted by molar-refractivity contribution is 0.493. The maximum absolute atomic E-state index is 6.66. The summed E-state index contributed by atoms with van der Waals surface area (Å²) in [5, 5.41) is 9.72. The zero-order chi connectivity index (χ0) is 20.1. The fraction of sp³-hybridized carbons (Fsp3) is 0.286. The van der Waals surface area contributed by atoms with Crippen LogP contribution in [0.4, 0.5) is 0 Å². The van der Waals surface area contributed by atoms with Gasteiger partial charge in [0.05, 0.1) is 4.47 Å². The molecular formula is C21H23BrN4OSi. The maximum Gasteiger partial charge on any atom is 0.250 e. The van der Waals surface area contributed by atoms with Crippen LogP contribution in [0, 0.1) is 0 Å². The first-order chi connectivity index (χ1) is 13.2. The van der Waals surface area contributed by atoms with Gasteiger partial charge in [0.25, 0.3) is 8.32 Å². The van der Waals surface area contributed by atoms with Gasteiger partial charge in [0, 0.05) is 11.6 Å². The second kappa shape index (κ2) is 6.67. The Labute approximate surface area is 174 Å². The summed E-state index contributed by atoms with van der Waals surface area (Å²) in [5.74, 6) is 1.52. The third-order valence-corrected chi connectivity index (χ3v) is 10.4. The van der Waals surface area contributed by atoms with E-state index >= 15 is 0 Å². The number of hydrogen-bond donors (Lipinski definition) is 0. The molecule has 5 nitrogen and oxygen atoms in total. The molecule has 0 fully saturated rings. The van der Waals surface area contributed by atoms with Gasteiger partial charge in [-0.3, -0.25) is 4.40 Å². The van der Waals surface area contributed by atoms with Crippen molar-refractivity contribution in [1.82, 2.24) is 19.6 Å². The fourth-order valence-electron chi connectivity index (χ4n) is 2.78. The molecule has 1 aromatic carbocycles. The van der Waals surface area contributed by atoms with Crippen LogP contribution in [0.1, 0.15) is 20.8 Å². The Bertz CT molecular complexity index is 1180. The van der Waals surface area contributed by atoms with Gasteiger partial charge in [-0.15, -0.1) is 10.2 Å². The number of rotatable bonds is 3. The molecule has 0 bridgehead atoms. The first-order valence-electron chi connectivity index (χ1n) is 9.26. The molecule has 0 saturated carbocycles. The molecule has 0 saturated heterocycles. The van der Waals surface area contributed by atoms with Crippen molar-refractivity contribution in [1.29, 1.82) is 0 Å². The zero-order valence-corrected chi connectivity index (χ0v) is 19.3. The van der Waals surface area contributed by atoms with Gasteiger partial charge in [-0.05, 0) is 58.3 Å². The minimum absolute atomic E-state index is 0.0927. The molecule has 144 valence electrons. The Balaban J connectivity index is 1.89. The summed E-state index contributed by atoms with van der Waals surface area (Å²) in [5.41, 5.74) is 2.40. The van der Waals surface area contributed by atoms with Crippen LogP contribution in [-0.4, -0.2) is 27.9 Å². The standard InChI is InChI=1S/C21H23BrN4OSi/c1-21(2,3)28(4,5)27-19-15(22)11-9-14-10-12-16(23-18(14)19)20-25-24-17-8-6-7-13-26(17)20/h6-13H,1-5H3. The second-order valence-electron chi connectivity index (χ2n) is 8.46. The summed E-state index contributed by atoms with van der Waals surface area (Å²) in [4.78, 5) is 4.94. The first-order valence-corrected chi connectivity index (χ1v) is 13.0. The molecule has 7 heteroatoms. The number of hydrogen-bond acceptors (Lipinski definition) is 4. The van der Waals surface area contributed by atoms with E-state index in [0.29, 0.717) is 0 Å². The van der Waals surface area contributed by atoms with E-state index in [9.17, 15) is 0 Å². The molecule has 0 spiro atoms. The molecule has 0 amide bonds. The summed E-state index contributed by atoms with van der Waals surface area (Å²) >= 11 is 3.67. The van der Waals surface area contributed by atoms with Crippen LogP contribution in [0.25, 0.3) is 28.1 Å². The quantitative estimate of drug-likeness (QED) is 0.351. The van der Waals surface area contributed by atoms with Crippen molar-refractivity contribution in [3.05, 3.63) is 53.1 Å². The normalized spacial score (nSPS) is 12.6. The summed E-state index contributed by atoms with van der Waals surface area (Å²) in [6, 6.07) is 14.0. The van der Waals surface area contributed by atoms with E-state index in [-0.39, 0.29) is 5.04 Å². The highest BCUT2D eigenvalue weighted by Crippen LogP contribution is 2.42. The van der Waals surface area contributed by atoms with E-state index in [4.69, 9.17) is 9.41 Å². The van der Waals surface area contributed by atoms with Gasteiger partial charge in [-0.25, -0.2) is 4.98 Å². The molecule has 4 aromatic rings. The number of pyridine rings is 2. The largest absolute Gasteiger partial charge is 0.541 e. The Morgan fingerprint density at radius 2 is 1.75 bits per heavy atom. The van der Waals surface area contributed by atoms with E-state index in [1.165, 1.54) is 0 Å². The molecule has 0 atom stereocenters. The number of fused-ring (bicyclic) bond motifs is 2. The third kappa shape index (κ3) is 3.22. The van der Waals surface area contributed by atoms with Crippen LogP contribution >= 0.6 is 15.9 Å². The van der Waals surface area contributed by atoms with Crippen molar-refractivity contribution in [3.63, 3.8) is 0 Å². The monoisotopic (exact) mass is 454 g/mol. The fourth-order valence-corrected chi connectivity index (χ4v) is 4.36. The lowest BCUT2D eigenvalue weighted by atomic mass is 10.2. The van der Waals surface area contributed by atoms with E-state index in [1.807, 2.05) is 40.9 Å². The predicted octanol–water partition coefficient (Wildman–Crippen LogP) is 6.09. The topological polar surface area (TPSA) is 52.3 Å². The van der Waals surface area contributed by atoms with Gasteiger partial charge in [-0.2, -0.15) is 0 Å². The Morgan fingerprint density at radius 1 is 1.00 bits per heavy atom. The minimum atomic E-state index is -2.02. The van der Waals surface area contributed by atoms with Gasteiger partial charge in [0.15, 0.2) is 11.5 Å². The summed E-state index contributed by atoms with van der Waals surface area (Å²) in [6.45, 7) is 11.2. The van der Waals surface area contributed by atoms with Crippen molar-refractivity contribution >= 4 is 40.8 Å². The van der Waals surface area contributed by atoms with Gasteiger partial charge < -0.3 is 4.43 Å². The van der Waals surface area contributed by atoms with Crippen LogP contribution in [0.15, 0.2) is 53.1 Å². The van der Waals surface area contributed by atoms with Crippen molar-refractivity contribution in [3.8, 4) is 17.3 Å². The van der Waals surface area contributed by atoms with E-state index in [1.54, 1.807) is 0 Å². The molecule has 0 N–H and O–H groups in total. The third-order valence-electron chi connectivity index (χ3n) is 5.47. The predicted molar refractivity (Wildman–Crippen MR) is 119 cm³/mol. The van der Waals surface area contributed by atoms with Crippen molar-refractivity contribution in [2.45, 2.75) is 38.9 Å². The summed E-state index contributed by atoms with van der Waals surface area (Å²) in [7, 11) is -2.02. The maximum atomic E-state index is 6.66. The van der Waals surface area contributed by atoms with Gasteiger partial charge in [-0.1, -0.05) is 39.0 Å². The van der Waals surface area contributed by atoms with Gasteiger partial charge in [0.1, 0.15) is 17.0 Å². The molecule has 0 radical (unpaired) electrons. The number of aromatic nitrogens is 4. The molecular weight excluding hydrogens is 432 g/mol. The van der Waals surface area contributed by atoms with Crippen LogP contribution in [-0.2, 0) is 0 Å². The molecule has 3 heterocycles.